The highest BCUT2D eigenvalue weighted by Gasteiger charge is 2.43. The molecule has 0 aromatic carbocycles. The van der Waals surface area contributed by atoms with Crippen molar-refractivity contribution in [2.75, 3.05) is 0 Å². The molecule has 0 nitrogen and oxygen atoms in total. The van der Waals surface area contributed by atoms with Crippen molar-refractivity contribution in [2.24, 2.45) is 16.2 Å². The highest BCUT2D eigenvalue weighted by Crippen LogP contribution is 2.69. The topological polar surface area (TPSA) is 0 Å². The molecule has 0 radical (unpaired) electrons. The van der Waals surface area contributed by atoms with Crippen LogP contribution >= 0.6 is 16.1 Å². The van der Waals surface area contributed by atoms with Crippen LogP contribution < -0.4 is 0 Å². The minimum atomic E-state index is -0.224. The molecule has 1 heterocycles. The minimum Gasteiger partial charge on any atom is -0.0914 e. The van der Waals surface area contributed by atoms with E-state index in [9.17, 15) is 0 Å². The van der Waals surface area contributed by atoms with E-state index in [0.29, 0.717) is 16.2 Å². The minimum absolute atomic E-state index is 0.224. The Labute approximate surface area is 143 Å². The molecule has 1 rings (SSSR count). The maximum absolute atomic E-state index is 2.66. The van der Waals surface area contributed by atoms with Crippen LogP contribution in [0.15, 0.2) is 11.4 Å². The van der Waals surface area contributed by atoms with Crippen molar-refractivity contribution in [2.45, 2.75) is 93.9 Å². The average Bonchev–Trinajstić information content (AvgIpc) is 2.22. The summed E-state index contributed by atoms with van der Waals surface area (Å²) in [5.74, 6) is 0. The summed E-state index contributed by atoms with van der Waals surface area (Å²) >= 11 is 0. The zero-order valence-corrected chi connectivity index (χ0v) is 18.8. The second kappa shape index (κ2) is 6.01. The Kier molecular flexibility index (Phi) is 5.57. The summed E-state index contributed by atoms with van der Waals surface area (Å²) in [5.41, 5.74) is 1.51. The first-order chi connectivity index (χ1) is 9.45. The van der Waals surface area contributed by atoms with Crippen LogP contribution in [0.2, 0.25) is 0 Å². The van der Waals surface area contributed by atoms with Crippen LogP contribution in [-0.4, -0.2) is 15.8 Å². The Balaban J connectivity index is 3.61. The van der Waals surface area contributed by atoms with Gasteiger partial charge in [-0.25, -0.2) is 0 Å². The third kappa shape index (κ3) is 4.68. The monoisotopic (exact) mass is 340 g/mol. The van der Waals surface area contributed by atoms with Crippen molar-refractivity contribution in [1.29, 1.82) is 0 Å². The van der Waals surface area contributed by atoms with Crippen LogP contribution in [0, 0.1) is 16.2 Å². The molecular formula is C20H38P2. The fourth-order valence-corrected chi connectivity index (χ4v) is 9.47. The van der Waals surface area contributed by atoms with Crippen LogP contribution in [0.4, 0.5) is 0 Å². The molecule has 0 spiro atoms. The number of rotatable bonds is 0. The van der Waals surface area contributed by atoms with E-state index in [4.69, 9.17) is 0 Å². The molecule has 128 valence electrons. The Hall–Kier alpha value is 0.340. The van der Waals surface area contributed by atoms with Gasteiger partial charge in [-0.3, -0.25) is 0 Å². The summed E-state index contributed by atoms with van der Waals surface area (Å²) in [5, 5.41) is 3.85. The maximum Gasteiger partial charge on any atom is 0.0246 e. The second-order valence-corrected chi connectivity index (χ2v) is 15.4. The lowest BCUT2D eigenvalue weighted by Gasteiger charge is -2.48. The van der Waals surface area contributed by atoms with E-state index in [1.807, 2.05) is 0 Å². The lowest BCUT2D eigenvalue weighted by molar-refractivity contribution is 0.425. The number of hydrogen-bond acceptors (Lipinski definition) is 0. The van der Waals surface area contributed by atoms with Crippen LogP contribution in [0.1, 0.15) is 83.1 Å². The molecule has 22 heavy (non-hydrogen) atoms. The Bertz CT molecular complexity index is 436. The van der Waals surface area contributed by atoms with Crippen LogP contribution in [0.3, 0.4) is 0 Å². The third-order valence-electron chi connectivity index (χ3n) is 4.03. The molecule has 0 fully saturated rings. The van der Waals surface area contributed by atoms with Gasteiger partial charge in [-0.15, -0.1) is 0 Å². The summed E-state index contributed by atoms with van der Waals surface area (Å²) in [6, 6.07) is 0. The van der Waals surface area contributed by atoms with Gasteiger partial charge in [-0.05, 0) is 39.7 Å². The Morgan fingerprint density at radius 3 is 1.50 bits per heavy atom. The van der Waals surface area contributed by atoms with Gasteiger partial charge in [-0.1, -0.05) is 97.4 Å². The molecule has 0 aliphatic carbocycles. The third-order valence-corrected chi connectivity index (χ3v) is 10.8. The van der Waals surface area contributed by atoms with Crippen molar-refractivity contribution in [3.8, 4) is 0 Å². The van der Waals surface area contributed by atoms with Gasteiger partial charge in [0.1, 0.15) is 0 Å². The van der Waals surface area contributed by atoms with E-state index < -0.39 is 0 Å². The smallest absolute Gasteiger partial charge is 0.0246 e. The first-order valence-electron chi connectivity index (χ1n) is 8.56. The van der Waals surface area contributed by atoms with Gasteiger partial charge < -0.3 is 0 Å². The van der Waals surface area contributed by atoms with Crippen molar-refractivity contribution in [3.63, 3.8) is 0 Å². The first kappa shape index (κ1) is 20.4. The molecule has 2 heteroatoms. The molecule has 0 saturated heterocycles. The van der Waals surface area contributed by atoms with Crippen molar-refractivity contribution in [3.05, 3.63) is 11.4 Å². The van der Waals surface area contributed by atoms with E-state index in [1.165, 1.54) is 0 Å². The largest absolute Gasteiger partial charge is 0.0914 e. The molecule has 2 atom stereocenters. The molecule has 0 aromatic rings. The summed E-state index contributed by atoms with van der Waals surface area (Å²) in [4.78, 5) is 0. The standard InChI is InChI=1S/C20H38P2/c1-17(2,3)14-13-15(18(4,5)6)22(20(10,11)12)16(21-14)19(7,8)9/h13-14H,1-12H3. The summed E-state index contributed by atoms with van der Waals surface area (Å²) in [6.45, 7) is 29.0. The molecule has 0 bridgehead atoms. The van der Waals surface area contributed by atoms with Gasteiger partial charge in [0.25, 0.3) is 0 Å². The van der Waals surface area contributed by atoms with E-state index >= 15 is 0 Å². The molecular weight excluding hydrogens is 302 g/mol. The number of allylic oxidation sites excluding steroid dienone is 2. The lowest BCUT2D eigenvalue weighted by Crippen LogP contribution is -2.33. The van der Waals surface area contributed by atoms with Gasteiger partial charge >= 0.3 is 0 Å². The van der Waals surface area contributed by atoms with E-state index in [0.717, 1.165) is 0 Å². The molecule has 0 N–H and O–H groups in total. The summed E-state index contributed by atoms with van der Waals surface area (Å²) in [7, 11) is 1.35. The summed E-state index contributed by atoms with van der Waals surface area (Å²) in [6.07, 6.45) is 2.66. The van der Waals surface area contributed by atoms with Gasteiger partial charge in [0.2, 0.25) is 0 Å². The normalized spacial score (nSPS) is 25.6. The van der Waals surface area contributed by atoms with Crippen molar-refractivity contribution in [1.82, 2.24) is 0 Å². The van der Waals surface area contributed by atoms with E-state index in [-0.39, 0.29) is 18.8 Å². The fourth-order valence-electron chi connectivity index (χ4n) is 2.80. The first-order valence-corrected chi connectivity index (χ1v) is 10.9. The molecule has 2 unspecified atom stereocenters. The molecule has 1 aliphatic heterocycles. The maximum atomic E-state index is 2.66. The molecule has 0 aromatic heterocycles. The highest BCUT2D eigenvalue weighted by atomic mass is 31.1. The lowest BCUT2D eigenvalue weighted by atomic mass is 9.88. The Morgan fingerprint density at radius 2 is 1.23 bits per heavy atom. The SMILES string of the molecule is CC(C)(C)C1=CC(C(C)(C)C)P=C(C(C)(C)C)P1C(C)(C)C. The van der Waals surface area contributed by atoms with Crippen LogP contribution in [0.25, 0.3) is 0 Å². The predicted molar refractivity (Wildman–Crippen MR) is 109 cm³/mol. The predicted octanol–water partition coefficient (Wildman–Crippen LogP) is 7.75. The zero-order valence-electron chi connectivity index (χ0n) is 17.0. The second-order valence-electron chi connectivity index (χ2n) is 10.8. The van der Waals surface area contributed by atoms with Crippen LogP contribution in [0.5, 0.6) is 0 Å². The van der Waals surface area contributed by atoms with Crippen molar-refractivity contribution >= 4 is 21.2 Å². The van der Waals surface area contributed by atoms with Gasteiger partial charge in [0.05, 0.1) is 0 Å². The van der Waals surface area contributed by atoms with Crippen LogP contribution in [-0.2, 0) is 0 Å². The van der Waals surface area contributed by atoms with Gasteiger partial charge in [-0.2, -0.15) is 0 Å². The van der Waals surface area contributed by atoms with E-state index in [2.05, 4.69) is 89.2 Å². The molecule has 0 saturated carbocycles. The van der Waals surface area contributed by atoms with Gasteiger partial charge in [0, 0.05) is 5.66 Å². The fraction of sp³-hybridized carbons (Fsp3) is 0.850. The number of hydrogen-bond donors (Lipinski definition) is 0. The average molecular weight is 340 g/mol. The molecule has 1 aliphatic rings. The quantitative estimate of drug-likeness (QED) is 0.395. The summed E-state index contributed by atoms with van der Waals surface area (Å²) < 4.78 is 0. The van der Waals surface area contributed by atoms with Crippen molar-refractivity contribution < 1.29 is 0 Å². The molecule has 0 amide bonds. The zero-order chi connectivity index (χ0) is 17.7. The van der Waals surface area contributed by atoms with Gasteiger partial charge in [0.15, 0.2) is 0 Å². The van der Waals surface area contributed by atoms with E-state index in [1.54, 1.807) is 18.6 Å². The highest BCUT2D eigenvalue weighted by molar-refractivity contribution is 7.89. The Morgan fingerprint density at radius 1 is 0.773 bits per heavy atom.